The fraction of sp³-hybridized carbons (Fsp3) is 0.333. The highest BCUT2D eigenvalue weighted by Gasteiger charge is 2.53. The molecule has 1 fully saturated rings. The molecule has 0 saturated carbocycles. The van der Waals surface area contributed by atoms with Crippen LogP contribution in [0.1, 0.15) is 33.3 Å². The van der Waals surface area contributed by atoms with Gasteiger partial charge in [0.15, 0.2) is 28.9 Å². The number of nitrogens with zero attached hydrogens (tertiary/aromatic N) is 2. The molecule has 44 heavy (non-hydrogen) atoms. The number of amidine groups is 1. The third kappa shape index (κ3) is 8.24. The highest BCUT2D eigenvalue weighted by molar-refractivity contribution is 8.14. The lowest BCUT2D eigenvalue weighted by Gasteiger charge is -2.44. The maximum atomic E-state index is 13.7. The van der Waals surface area contributed by atoms with Crippen LogP contribution in [-0.2, 0) is 47.7 Å². The Balaban J connectivity index is 1.78. The molecule has 2 heterocycles. The van der Waals surface area contributed by atoms with Crippen molar-refractivity contribution in [3.8, 4) is 0 Å². The van der Waals surface area contributed by atoms with E-state index in [1.54, 1.807) is 60.7 Å². The van der Waals surface area contributed by atoms with E-state index in [1.807, 2.05) is 0 Å². The van der Waals surface area contributed by atoms with Crippen molar-refractivity contribution in [3.05, 3.63) is 70.9 Å². The minimum atomic E-state index is -1.36. The number of hydrogen-bond acceptors (Lipinski definition) is 12. The zero-order chi connectivity index (χ0) is 32.0. The van der Waals surface area contributed by atoms with E-state index < -0.39 is 59.6 Å². The molecule has 4 rings (SSSR count). The molecule has 12 nitrogen and oxygen atoms in total. The second-order valence-electron chi connectivity index (χ2n) is 9.64. The van der Waals surface area contributed by atoms with E-state index in [4.69, 9.17) is 35.3 Å². The van der Waals surface area contributed by atoms with Crippen LogP contribution in [0.4, 0.5) is 5.69 Å². The number of aliphatic imine (C=N–C) groups is 1. The van der Waals surface area contributed by atoms with Crippen molar-refractivity contribution in [1.82, 2.24) is 0 Å². The van der Waals surface area contributed by atoms with Crippen LogP contribution in [0.2, 0.25) is 5.02 Å². The molecule has 14 heteroatoms. The first-order valence-electron chi connectivity index (χ1n) is 13.4. The van der Waals surface area contributed by atoms with Gasteiger partial charge in [-0.1, -0.05) is 53.7 Å². The van der Waals surface area contributed by atoms with E-state index in [0.717, 1.165) is 32.5 Å². The van der Waals surface area contributed by atoms with Gasteiger partial charge in [-0.15, -0.1) is 0 Å². The molecule has 0 aliphatic carbocycles. The standard InChI is InChI=1S/C30H29ClN2O10S/c1-16(34)39-15-24-25(40-17(2)35)26(41-18(3)36)27(42-19(4)37)29(43-24)44-30-32-23(14-20-10-12-21(31)13-11-20)28(38)33(30)22-8-6-5-7-9-22/h5-14,24-27,29H,15H2,1-4H3. The molecular weight excluding hydrogens is 616 g/mol. The number of thioether (sulfide) groups is 1. The predicted octanol–water partition coefficient (Wildman–Crippen LogP) is 3.90. The molecule has 5 atom stereocenters. The molecule has 0 bridgehead atoms. The summed E-state index contributed by atoms with van der Waals surface area (Å²) in [7, 11) is 0. The van der Waals surface area contributed by atoms with Gasteiger partial charge in [0, 0.05) is 32.7 Å². The van der Waals surface area contributed by atoms with Crippen molar-refractivity contribution in [2.75, 3.05) is 11.5 Å². The minimum absolute atomic E-state index is 0.101. The van der Waals surface area contributed by atoms with Crippen LogP contribution in [-0.4, -0.2) is 71.4 Å². The molecule has 0 aromatic heterocycles. The van der Waals surface area contributed by atoms with Crippen LogP contribution in [0.15, 0.2) is 65.3 Å². The van der Waals surface area contributed by atoms with Gasteiger partial charge >= 0.3 is 23.9 Å². The lowest BCUT2D eigenvalue weighted by molar-refractivity contribution is -0.237. The molecule has 2 aromatic rings. The Morgan fingerprint density at radius 2 is 1.45 bits per heavy atom. The quantitative estimate of drug-likeness (QED) is 0.234. The number of rotatable bonds is 8. The number of ether oxygens (including phenoxy) is 5. The Hall–Kier alpha value is -4.20. The van der Waals surface area contributed by atoms with Crippen LogP contribution in [0.5, 0.6) is 0 Å². The molecule has 1 amide bonds. The molecule has 0 radical (unpaired) electrons. The normalized spacial score (nSPS) is 24.0. The molecule has 1 saturated heterocycles. The number of halogens is 1. The SMILES string of the molecule is CC(=O)OCC1OC(SC2=NC(=Cc3ccc(Cl)cc3)C(=O)N2c2ccccc2)C(OC(C)=O)C(OC(C)=O)C1OC(C)=O. The lowest BCUT2D eigenvalue weighted by atomic mass is 9.99. The van der Waals surface area contributed by atoms with Crippen LogP contribution in [0.25, 0.3) is 6.08 Å². The number of carbonyl (C=O) groups is 5. The number of benzene rings is 2. The highest BCUT2D eigenvalue weighted by atomic mass is 35.5. The number of anilines is 1. The average Bonchev–Trinajstić information content (AvgIpc) is 3.25. The molecule has 0 N–H and O–H groups in total. The van der Waals surface area contributed by atoms with Crippen LogP contribution >= 0.6 is 23.4 Å². The van der Waals surface area contributed by atoms with Crippen LogP contribution in [0, 0.1) is 0 Å². The Labute approximate surface area is 262 Å². The van der Waals surface area contributed by atoms with Gasteiger partial charge in [0.25, 0.3) is 5.91 Å². The Bertz CT molecular complexity index is 1480. The summed E-state index contributed by atoms with van der Waals surface area (Å²) in [5.74, 6) is -3.32. The molecular formula is C30H29ClN2O10S. The zero-order valence-electron chi connectivity index (χ0n) is 24.1. The van der Waals surface area contributed by atoms with E-state index in [2.05, 4.69) is 4.99 Å². The Morgan fingerprint density at radius 1 is 0.864 bits per heavy atom. The van der Waals surface area contributed by atoms with Crippen LogP contribution < -0.4 is 4.90 Å². The third-order valence-corrected chi connectivity index (χ3v) is 7.54. The highest BCUT2D eigenvalue weighted by Crippen LogP contribution is 2.38. The van der Waals surface area contributed by atoms with Gasteiger partial charge in [0.1, 0.15) is 18.4 Å². The summed E-state index contributed by atoms with van der Waals surface area (Å²) in [6.45, 7) is 4.23. The Morgan fingerprint density at radius 3 is 2.05 bits per heavy atom. The monoisotopic (exact) mass is 644 g/mol. The summed E-state index contributed by atoms with van der Waals surface area (Å²) in [6, 6.07) is 15.5. The summed E-state index contributed by atoms with van der Waals surface area (Å²) in [4.78, 5) is 67.8. The summed E-state index contributed by atoms with van der Waals surface area (Å²) in [6.07, 6.45) is -3.56. The number of para-hydroxylation sites is 1. The van der Waals surface area contributed by atoms with E-state index in [0.29, 0.717) is 16.3 Å². The second-order valence-corrected chi connectivity index (χ2v) is 11.1. The lowest BCUT2D eigenvalue weighted by Crippen LogP contribution is -2.61. The Kier molecular flexibility index (Phi) is 10.8. The molecule has 232 valence electrons. The first-order valence-corrected chi connectivity index (χ1v) is 14.6. The molecule has 2 aliphatic heterocycles. The molecule has 5 unspecified atom stereocenters. The minimum Gasteiger partial charge on any atom is -0.463 e. The number of hydrogen-bond donors (Lipinski definition) is 0. The second kappa shape index (κ2) is 14.5. The predicted molar refractivity (Wildman–Crippen MR) is 160 cm³/mol. The van der Waals surface area contributed by atoms with Gasteiger partial charge in [-0.05, 0) is 35.9 Å². The first-order chi connectivity index (χ1) is 20.9. The topological polar surface area (TPSA) is 147 Å². The average molecular weight is 645 g/mol. The molecule has 2 aromatic carbocycles. The van der Waals surface area contributed by atoms with Gasteiger partial charge < -0.3 is 23.7 Å². The fourth-order valence-electron chi connectivity index (χ4n) is 4.48. The van der Waals surface area contributed by atoms with E-state index in [1.165, 1.54) is 11.8 Å². The van der Waals surface area contributed by atoms with E-state index >= 15 is 0 Å². The van der Waals surface area contributed by atoms with E-state index in [-0.39, 0.29) is 17.5 Å². The summed E-state index contributed by atoms with van der Waals surface area (Å²) < 4.78 is 27.9. The number of esters is 4. The van der Waals surface area contributed by atoms with Gasteiger partial charge in [-0.3, -0.25) is 28.9 Å². The smallest absolute Gasteiger partial charge is 0.303 e. The van der Waals surface area contributed by atoms with Gasteiger partial charge in [-0.25, -0.2) is 4.99 Å². The van der Waals surface area contributed by atoms with Crippen molar-refractivity contribution in [2.45, 2.75) is 57.5 Å². The number of amides is 1. The molecule has 0 spiro atoms. The largest absolute Gasteiger partial charge is 0.463 e. The summed E-state index contributed by atoms with van der Waals surface area (Å²) >= 11 is 6.92. The van der Waals surface area contributed by atoms with Gasteiger partial charge in [0.05, 0.1) is 5.69 Å². The van der Waals surface area contributed by atoms with Crippen molar-refractivity contribution in [3.63, 3.8) is 0 Å². The van der Waals surface area contributed by atoms with Crippen molar-refractivity contribution >= 4 is 70.1 Å². The van der Waals surface area contributed by atoms with Crippen molar-refractivity contribution < 1.29 is 47.7 Å². The zero-order valence-corrected chi connectivity index (χ0v) is 25.7. The van der Waals surface area contributed by atoms with E-state index in [9.17, 15) is 24.0 Å². The summed E-state index contributed by atoms with van der Waals surface area (Å²) in [5.41, 5.74) is 0.0921. The van der Waals surface area contributed by atoms with Gasteiger partial charge in [-0.2, -0.15) is 0 Å². The summed E-state index contributed by atoms with van der Waals surface area (Å²) in [5, 5.41) is 0.682. The van der Waals surface area contributed by atoms with Crippen molar-refractivity contribution in [2.24, 2.45) is 4.99 Å². The fourth-order valence-corrected chi connectivity index (χ4v) is 5.81. The first kappa shape index (κ1) is 32.7. The number of carbonyl (C=O) groups excluding carboxylic acids is 5. The van der Waals surface area contributed by atoms with Gasteiger partial charge in [0.2, 0.25) is 0 Å². The third-order valence-electron chi connectivity index (χ3n) is 6.19. The van der Waals surface area contributed by atoms with Crippen LogP contribution in [0.3, 0.4) is 0 Å². The van der Waals surface area contributed by atoms with Crippen molar-refractivity contribution in [1.29, 1.82) is 0 Å². The maximum Gasteiger partial charge on any atom is 0.303 e. The molecule has 2 aliphatic rings. The maximum absolute atomic E-state index is 13.7.